The quantitative estimate of drug-likeness (QED) is 0.750. The van der Waals surface area contributed by atoms with Gasteiger partial charge < -0.3 is 20.9 Å². The van der Waals surface area contributed by atoms with Crippen molar-refractivity contribution in [3.63, 3.8) is 0 Å². The highest BCUT2D eigenvalue weighted by molar-refractivity contribution is 5.94. The van der Waals surface area contributed by atoms with E-state index in [9.17, 15) is 9.59 Å². The number of amides is 3. The Morgan fingerprint density at radius 2 is 2.17 bits per heavy atom. The maximum Gasteiger partial charge on any atom is 0.319 e. The fourth-order valence-electron chi connectivity index (χ4n) is 2.71. The predicted molar refractivity (Wildman–Crippen MR) is 97.4 cm³/mol. The molecule has 1 aliphatic rings. The third-order valence-corrected chi connectivity index (χ3v) is 4.58. The molecule has 0 saturated heterocycles. The second kappa shape index (κ2) is 8.68. The first-order valence-corrected chi connectivity index (χ1v) is 8.67. The third kappa shape index (κ3) is 5.23. The minimum Gasteiger partial charge on any atom is -0.337 e. The number of anilines is 2. The normalized spacial score (nSPS) is 15.2. The van der Waals surface area contributed by atoms with Gasteiger partial charge in [-0.05, 0) is 57.0 Å². The summed E-state index contributed by atoms with van der Waals surface area (Å²) in [4.78, 5) is 25.8. The SMILES string of the molecule is CC[C@@H](C)N(C)CCNC(=O)Nc1ccc2c(c1)CCCC(=O)N2. The largest absolute Gasteiger partial charge is 0.337 e. The Morgan fingerprint density at radius 3 is 2.92 bits per heavy atom. The van der Waals surface area contributed by atoms with Crippen molar-refractivity contribution in [2.75, 3.05) is 30.8 Å². The van der Waals surface area contributed by atoms with Crippen LogP contribution in [0.2, 0.25) is 0 Å². The van der Waals surface area contributed by atoms with Gasteiger partial charge in [0, 0.05) is 36.9 Å². The Bertz CT molecular complexity index is 588. The van der Waals surface area contributed by atoms with Crippen LogP contribution in [0.25, 0.3) is 0 Å². The smallest absolute Gasteiger partial charge is 0.319 e. The molecule has 1 aromatic carbocycles. The highest BCUT2D eigenvalue weighted by Gasteiger charge is 2.13. The molecule has 0 aromatic heterocycles. The molecule has 6 heteroatoms. The van der Waals surface area contributed by atoms with E-state index in [2.05, 4.69) is 41.7 Å². The monoisotopic (exact) mass is 332 g/mol. The Hall–Kier alpha value is -2.08. The van der Waals surface area contributed by atoms with Gasteiger partial charge in [-0.1, -0.05) is 6.92 Å². The minimum atomic E-state index is -0.204. The van der Waals surface area contributed by atoms with Gasteiger partial charge in [0.2, 0.25) is 5.91 Å². The van der Waals surface area contributed by atoms with E-state index in [1.807, 2.05) is 18.2 Å². The van der Waals surface area contributed by atoms with Crippen LogP contribution in [-0.4, -0.2) is 43.0 Å². The lowest BCUT2D eigenvalue weighted by atomic mass is 10.1. The summed E-state index contributed by atoms with van der Waals surface area (Å²) in [5.74, 6) is 0.0534. The number of hydrogen-bond acceptors (Lipinski definition) is 3. The summed E-state index contributed by atoms with van der Waals surface area (Å²) < 4.78 is 0. The van der Waals surface area contributed by atoms with Gasteiger partial charge in [0.05, 0.1) is 0 Å². The molecule has 0 aliphatic carbocycles. The molecule has 1 atom stereocenters. The van der Waals surface area contributed by atoms with E-state index < -0.39 is 0 Å². The number of benzene rings is 1. The van der Waals surface area contributed by atoms with Crippen LogP contribution in [0.5, 0.6) is 0 Å². The molecule has 1 aliphatic heterocycles. The number of nitrogens with one attached hydrogen (secondary N) is 3. The van der Waals surface area contributed by atoms with Crippen LogP contribution < -0.4 is 16.0 Å². The Kier molecular flexibility index (Phi) is 6.61. The molecule has 0 bridgehead atoms. The van der Waals surface area contributed by atoms with E-state index in [0.29, 0.717) is 19.0 Å². The van der Waals surface area contributed by atoms with Gasteiger partial charge in [0.25, 0.3) is 0 Å². The molecule has 3 N–H and O–H groups in total. The minimum absolute atomic E-state index is 0.0534. The van der Waals surface area contributed by atoms with Crippen molar-refractivity contribution < 1.29 is 9.59 Å². The lowest BCUT2D eigenvalue weighted by molar-refractivity contribution is -0.116. The molecule has 0 radical (unpaired) electrons. The van der Waals surface area contributed by atoms with E-state index in [-0.39, 0.29) is 11.9 Å². The Labute approximate surface area is 144 Å². The van der Waals surface area contributed by atoms with Crippen molar-refractivity contribution in [1.82, 2.24) is 10.2 Å². The van der Waals surface area contributed by atoms with Gasteiger partial charge in [-0.2, -0.15) is 0 Å². The van der Waals surface area contributed by atoms with Gasteiger partial charge in [-0.25, -0.2) is 4.79 Å². The van der Waals surface area contributed by atoms with Crippen LogP contribution in [0.1, 0.15) is 38.7 Å². The molecular weight excluding hydrogens is 304 g/mol. The molecule has 0 fully saturated rings. The average Bonchev–Trinajstić information content (AvgIpc) is 2.74. The molecule has 0 unspecified atom stereocenters. The van der Waals surface area contributed by atoms with E-state index in [0.717, 1.165) is 42.7 Å². The maximum absolute atomic E-state index is 12.0. The van der Waals surface area contributed by atoms with Crippen molar-refractivity contribution in [3.8, 4) is 0 Å². The first kappa shape index (κ1) is 18.3. The molecule has 1 heterocycles. The van der Waals surface area contributed by atoms with Crippen molar-refractivity contribution in [2.24, 2.45) is 0 Å². The van der Waals surface area contributed by atoms with Gasteiger partial charge in [-0.15, -0.1) is 0 Å². The molecule has 0 spiro atoms. The summed E-state index contributed by atoms with van der Waals surface area (Å²) in [6.07, 6.45) is 3.30. The van der Waals surface area contributed by atoms with E-state index in [4.69, 9.17) is 0 Å². The Balaban J connectivity index is 1.84. The third-order valence-electron chi connectivity index (χ3n) is 4.58. The zero-order valence-electron chi connectivity index (χ0n) is 14.8. The molecule has 24 heavy (non-hydrogen) atoms. The molecule has 6 nitrogen and oxygen atoms in total. The van der Waals surface area contributed by atoms with Crippen LogP contribution in [-0.2, 0) is 11.2 Å². The second-order valence-electron chi connectivity index (χ2n) is 6.39. The van der Waals surface area contributed by atoms with Gasteiger partial charge >= 0.3 is 6.03 Å². The maximum atomic E-state index is 12.0. The fraction of sp³-hybridized carbons (Fsp3) is 0.556. The van der Waals surface area contributed by atoms with Crippen LogP contribution in [0, 0.1) is 0 Å². The average molecular weight is 332 g/mol. The molecule has 2 rings (SSSR count). The summed E-state index contributed by atoms with van der Waals surface area (Å²) in [5, 5.41) is 8.63. The van der Waals surface area contributed by atoms with Crippen molar-refractivity contribution in [2.45, 2.75) is 45.6 Å². The summed E-state index contributed by atoms with van der Waals surface area (Å²) >= 11 is 0. The zero-order chi connectivity index (χ0) is 17.5. The molecule has 132 valence electrons. The van der Waals surface area contributed by atoms with Crippen LogP contribution in [0.15, 0.2) is 18.2 Å². The Morgan fingerprint density at radius 1 is 1.38 bits per heavy atom. The highest BCUT2D eigenvalue weighted by atomic mass is 16.2. The highest BCUT2D eigenvalue weighted by Crippen LogP contribution is 2.25. The number of likely N-dealkylation sites (N-methyl/N-ethyl adjacent to an activating group) is 1. The second-order valence-corrected chi connectivity index (χ2v) is 6.39. The van der Waals surface area contributed by atoms with Gasteiger partial charge in [0.15, 0.2) is 0 Å². The lowest BCUT2D eigenvalue weighted by Crippen LogP contribution is -2.38. The van der Waals surface area contributed by atoms with Crippen LogP contribution >= 0.6 is 0 Å². The van der Waals surface area contributed by atoms with E-state index >= 15 is 0 Å². The first-order chi connectivity index (χ1) is 11.5. The number of rotatable bonds is 6. The van der Waals surface area contributed by atoms with Crippen molar-refractivity contribution >= 4 is 23.3 Å². The number of urea groups is 1. The predicted octanol–water partition coefficient (Wildman–Crippen LogP) is 2.81. The topological polar surface area (TPSA) is 73.5 Å². The number of carbonyl (C=O) groups is 2. The number of fused-ring (bicyclic) bond motifs is 1. The number of nitrogens with zero attached hydrogens (tertiary/aromatic N) is 1. The standard InChI is InChI=1S/C18H28N4O2/c1-4-13(2)22(3)11-10-19-18(24)20-15-8-9-16-14(12-15)6-5-7-17(23)21-16/h8-9,12-13H,4-7,10-11H2,1-3H3,(H,21,23)(H2,19,20,24)/t13-/m1/s1. The zero-order valence-corrected chi connectivity index (χ0v) is 14.8. The number of hydrogen-bond donors (Lipinski definition) is 3. The van der Waals surface area contributed by atoms with Gasteiger partial charge in [-0.3, -0.25) is 4.79 Å². The molecule has 0 saturated carbocycles. The van der Waals surface area contributed by atoms with Crippen molar-refractivity contribution in [1.29, 1.82) is 0 Å². The fourth-order valence-corrected chi connectivity index (χ4v) is 2.71. The number of aryl methyl sites for hydroxylation is 1. The molecular formula is C18H28N4O2. The number of carbonyl (C=O) groups excluding carboxylic acids is 2. The van der Waals surface area contributed by atoms with Gasteiger partial charge in [0.1, 0.15) is 0 Å². The summed E-state index contributed by atoms with van der Waals surface area (Å²) in [6, 6.07) is 5.91. The van der Waals surface area contributed by atoms with E-state index in [1.165, 1.54) is 0 Å². The molecule has 3 amide bonds. The first-order valence-electron chi connectivity index (χ1n) is 8.67. The molecule has 1 aromatic rings. The summed E-state index contributed by atoms with van der Waals surface area (Å²) in [7, 11) is 2.06. The summed E-state index contributed by atoms with van der Waals surface area (Å²) in [6.45, 7) is 5.75. The van der Waals surface area contributed by atoms with Crippen molar-refractivity contribution in [3.05, 3.63) is 23.8 Å². The lowest BCUT2D eigenvalue weighted by Gasteiger charge is -2.23. The van der Waals surface area contributed by atoms with Crippen LogP contribution in [0.3, 0.4) is 0 Å². The van der Waals surface area contributed by atoms with E-state index in [1.54, 1.807) is 0 Å². The summed E-state index contributed by atoms with van der Waals surface area (Å²) in [5.41, 5.74) is 2.66. The van der Waals surface area contributed by atoms with Crippen LogP contribution in [0.4, 0.5) is 16.2 Å².